The molecular formula is C13H22O5. The summed E-state index contributed by atoms with van der Waals surface area (Å²) in [5.74, 6) is -1.11. The molecule has 2 rings (SSSR count). The molecule has 1 aliphatic heterocycles. The van der Waals surface area contributed by atoms with Crippen LogP contribution in [0.2, 0.25) is 0 Å². The third-order valence-electron chi connectivity index (χ3n) is 3.43. The minimum atomic E-state index is -1.39. The van der Waals surface area contributed by atoms with E-state index in [0.29, 0.717) is 38.9 Å². The van der Waals surface area contributed by atoms with E-state index in [1.54, 1.807) is 20.8 Å². The number of aliphatic hydroxyl groups is 1. The van der Waals surface area contributed by atoms with Crippen LogP contribution >= 0.6 is 0 Å². The molecule has 1 saturated heterocycles. The summed E-state index contributed by atoms with van der Waals surface area (Å²) in [5.41, 5.74) is -1.98. The van der Waals surface area contributed by atoms with Crippen molar-refractivity contribution in [2.24, 2.45) is 0 Å². The van der Waals surface area contributed by atoms with E-state index in [-0.39, 0.29) is 0 Å². The van der Waals surface area contributed by atoms with Crippen molar-refractivity contribution in [2.75, 3.05) is 13.2 Å². The van der Waals surface area contributed by atoms with Crippen LogP contribution in [0.5, 0.6) is 0 Å². The quantitative estimate of drug-likeness (QED) is 0.720. The van der Waals surface area contributed by atoms with Crippen LogP contribution in [-0.4, -0.2) is 41.3 Å². The fourth-order valence-electron chi connectivity index (χ4n) is 2.41. The van der Waals surface area contributed by atoms with Crippen LogP contribution in [0, 0.1) is 0 Å². The van der Waals surface area contributed by atoms with Crippen LogP contribution in [-0.2, 0) is 19.0 Å². The largest absolute Gasteiger partial charge is 0.458 e. The van der Waals surface area contributed by atoms with E-state index >= 15 is 0 Å². The zero-order valence-electron chi connectivity index (χ0n) is 11.3. The molecule has 5 nitrogen and oxygen atoms in total. The zero-order valence-corrected chi connectivity index (χ0v) is 11.3. The van der Waals surface area contributed by atoms with Crippen molar-refractivity contribution in [1.82, 2.24) is 0 Å². The lowest BCUT2D eigenvalue weighted by atomic mass is 9.81. The van der Waals surface area contributed by atoms with Crippen molar-refractivity contribution in [2.45, 2.75) is 63.4 Å². The van der Waals surface area contributed by atoms with Gasteiger partial charge in [-0.25, -0.2) is 4.79 Å². The van der Waals surface area contributed by atoms with Crippen LogP contribution in [0.1, 0.15) is 46.5 Å². The molecule has 0 radical (unpaired) electrons. The molecular weight excluding hydrogens is 236 g/mol. The van der Waals surface area contributed by atoms with E-state index in [0.717, 1.165) is 0 Å². The fourth-order valence-corrected chi connectivity index (χ4v) is 2.41. The van der Waals surface area contributed by atoms with Crippen LogP contribution < -0.4 is 0 Å². The molecule has 0 aromatic rings. The van der Waals surface area contributed by atoms with Gasteiger partial charge < -0.3 is 19.3 Å². The van der Waals surface area contributed by atoms with Crippen molar-refractivity contribution in [3.8, 4) is 0 Å². The van der Waals surface area contributed by atoms with E-state index in [1.165, 1.54) is 0 Å². The number of ether oxygens (including phenoxy) is 3. The highest BCUT2D eigenvalue weighted by molar-refractivity contribution is 5.79. The van der Waals surface area contributed by atoms with Gasteiger partial charge in [-0.3, -0.25) is 0 Å². The lowest BCUT2D eigenvalue weighted by Gasteiger charge is -2.39. The SMILES string of the molecule is CC(C)(C)OC(=O)C1(O)CCC2(CC1)OCCO2. The van der Waals surface area contributed by atoms with Crippen LogP contribution in [0.15, 0.2) is 0 Å². The molecule has 18 heavy (non-hydrogen) atoms. The first-order valence-electron chi connectivity index (χ1n) is 6.49. The van der Waals surface area contributed by atoms with Crippen molar-refractivity contribution < 1.29 is 24.1 Å². The summed E-state index contributed by atoms with van der Waals surface area (Å²) in [7, 11) is 0. The van der Waals surface area contributed by atoms with Crippen molar-refractivity contribution in [3.05, 3.63) is 0 Å². The predicted octanol–water partition coefficient (Wildman–Crippen LogP) is 1.38. The van der Waals surface area contributed by atoms with Gasteiger partial charge in [-0.15, -0.1) is 0 Å². The van der Waals surface area contributed by atoms with E-state index in [4.69, 9.17) is 14.2 Å². The van der Waals surface area contributed by atoms with Crippen molar-refractivity contribution in [3.63, 3.8) is 0 Å². The molecule has 0 atom stereocenters. The predicted molar refractivity (Wildman–Crippen MR) is 63.9 cm³/mol. The third-order valence-corrected chi connectivity index (χ3v) is 3.43. The van der Waals surface area contributed by atoms with E-state index < -0.39 is 23.0 Å². The van der Waals surface area contributed by atoms with Gasteiger partial charge >= 0.3 is 5.97 Å². The Morgan fingerprint density at radius 2 is 1.61 bits per heavy atom. The summed E-state index contributed by atoms with van der Waals surface area (Å²) in [4.78, 5) is 12.0. The highest BCUT2D eigenvalue weighted by Gasteiger charge is 2.50. The molecule has 1 aliphatic carbocycles. The number of rotatable bonds is 1. The van der Waals surface area contributed by atoms with Crippen LogP contribution in [0.4, 0.5) is 0 Å². The van der Waals surface area contributed by atoms with E-state index in [2.05, 4.69) is 0 Å². The Morgan fingerprint density at radius 3 is 2.06 bits per heavy atom. The van der Waals surface area contributed by atoms with Gasteiger partial charge in [0, 0.05) is 12.8 Å². The minimum absolute atomic E-state index is 0.321. The second kappa shape index (κ2) is 4.47. The first kappa shape index (κ1) is 13.8. The molecule has 1 N–H and O–H groups in total. The average molecular weight is 258 g/mol. The minimum Gasteiger partial charge on any atom is -0.458 e. The van der Waals surface area contributed by atoms with E-state index in [9.17, 15) is 9.90 Å². The summed E-state index contributed by atoms with van der Waals surface area (Å²) in [6, 6.07) is 0. The summed E-state index contributed by atoms with van der Waals surface area (Å²) < 4.78 is 16.4. The molecule has 0 unspecified atom stereocenters. The summed E-state index contributed by atoms with van der Waals surface area (Å²) in [6.07, 6.45) is 1.70. The topological polar surface area (TPSA) is 65.0 Å². The Hall–Kier alpha value is -0.650. The zero-order chi connectivity index (χ0) is 13.4. The molecule has 2 aliphatic rings. The Balaban J connectivity index is 1.96. The summed E-state index contributed by atoms with van der Waals surface area (Å²) in [6.45, 7) is 6.56. The normalized spacial score (nSPS) is 26.2. The van der Waals surface area contributed by atoms with Gasteiger partial charge in [0.25, 0.3) is 0 Å². The Labute approximate surface area is 107 Å². The number of esters is 1. The molecule has 0 amide bonds. The monoisotopic (exact) mass is 258 g/mol. The first-order valence-corrected chi connectivity index (χ1v) is 6.49. The van der Waals surface area contributed by atoms with Gasteiger partial charge in [-0.05, 0) is 33.6 Å². The lowest BCUT2D eigenvalue weighted by Crippen LogP contribution is -2.50. The lowest BCUT2D eigenvalue weighted by molar-refractivity contribution is -0.215. The van der Waals surface area contributed by atoms with Gasteiger partial charge in [0.05, 0.1) is 13.2 Å². The molecule has 1 saturated carbocycles. The molecule has 0 aromatic carbocycles. The number of carbonyl (C=O) groups excluding carboxylic acids is 1. The van der Waals surface area contributed by atoms with Crippen molar-refractivity contribution in [1.29, 1.82) is 0 Å². The second-order valence-electron chi connectivity index (χ2n) is 6.14. The first-order chi connectivity index (χ1) is 8.25. The summed E-state index contributed by atoms with van der Waals surface area (Å²) >= 11 is 0. The maximum atomic E-state index is 12.0. The molecule has 0 bridgehead atoms. The van der Waals surface area contributed by atoms with Gasteiger partial charge in [0.1, 0.15) is 5.60 Å². The van der Waals surface area contributed by atoms with Crippen LogP contribution in [0.25, 0.3) is 0 Å². The van der Waals surface area contributed by atoms with Gasteiger partial charge in [-0.2, -0.15) is 0 Å². The highest BCUT2D eigenvalue weighted by Crippen LogP contribution is 2.41. The maximum absolute atomic E-state index is 12.0. The smallest absolute Gasteiger partial charge is 0.338 e. The van der Waals surface area contributed by atoms with Crippen molar-refractivity contribution >= 4 is 5.97 Å². The average Bonchev–Trinajstić information content (AvgIpc) is 2.70. The Kier molecular flexibility index (Phi) is 3.42. The number of carbonyl (C=O) groups is 1. The van der Waals surface area contributed by atoms with Gasteiger partial charge in [-0.1, -0.05) is 0 Å². The molecule has 1 spiro atoms. The molecule has 2 fully saturated rings. The fraction of sp³-hybridized carbons (Fsp3) is 0.923. The molecule has 1 heterocycles. The van der Waals surface area contributed by atoms with Gasteiger partial charge in [0.2, 0.25) is 0 Å². The summed E-state index contributed by atoms with van der Waals surface area (Å²) in [5, 5.41) is 10.4. The van der Waals surface area contributed by atoms with Gasteiger partial charge in [0.15, 0.2) is 11.4 Å². The van der Waals surface area contributed by atoms with E-state index in [1.807, 2.05) is 0 Å². The Bertz CT molecular complexity index is 315. The second-order valence-corrected chi connectivity index (χ2v) is 6.14. The standard InChI is InChI=1S/C13H22O5/c1-11(2,3)18-10(14)12(15)4-6-13(7-5-12)16-8-9-17-13/h15H,4-9H2,1-3H3. The number of hydrogen-bond donors (Lipinski definition) is 1. The highest BCUT2D eigenvalue weighted by atomic mass is 16.7. The molecule has 0 aromatic heterocycles. The third kappa shape index (κ3) is 2.84. The molecule has 104 valence electrons. The number of hydrogen-bond acceptors (Lipinski definition) is 5. The Morgan fingerprint density at radius 1 is 1.11 bits per heavy atom. The molecule has 5 heteroatoms. The van der Waals surface area contributed by atoms with Crippen LogP contribution in [0.3, 0.4) is 0 Å². The maximum Gasteiger partial charge on any atom is 0.338 e.